The predicted molar refractivity (Wildman–Crippen MR) is 123 cm³/mol. The van der Waals surface area contributed by atoms with Gasteiger partial charge in [0.2, 0.25) is 0 Å². The van der Waals surface area contributed by atoms with Gasteiger partial charge in [0, 0.05) is 23.7 Å². The molecule has 1 unspecified atom stereocenters. The van der Waals surface area contributed by atoms with Crippen LogP contribution in [-0.4, -0.2) is 36.4 Å². The molecule has 3 atom stereocenters. The molecule has 8 nitrogen and oxygen atoms in total. The smallest absolute Gasteiger partial charge is 0.154 e. The number of fused-ring (bicyclic) bond motifs is 2. The van der Waals surface area contributed by atoms with E-state index in [0.29, 0.717) is 24.5 Å². The molecule has 0 saturated heterocycles. The van der Waals surface area contributed by atoms with Gasteiger partial charge in [0.05, 0.1) is 24.4 Å². The number of anilines is 1. The highest BCUT2D eigenvalue weighted by atomic mass is 35.5. The number of aliphatic hydroxyl groups excluding tert-OH is 1. The molecular formula is C20H24Cl3N7O. The van der Waals surface area contributed by atoms with Crippen molar-refractivity contribution < 1.29 is 5.11 Å². The number of nitrogens with two attached hydrogens (primary N) is 1. The molecule has 5 rings (SSSR count). The Balaban J connectivity index is 0.00000136. The van der Waals surface area contributed by atoms with Crippen molar-refractivity contribution in [2.45, 2.75) is 44.5 Å². The minimum absolute atomic E-state index is 0. The molecule has 2 aliphatic rings. The number of halogens is 3. The van der Waals surface area contributed by atoms with E-state index in [4.69, 9.17) is 17.3 Å². The number of hydrogen-bond donors (Lipinski definition) is 2. The van der Waals surface area contributed by atoms with Gasteiger partial charge in [0.15, 0.2) is 11.6 Å². The highest BCUT2D eigenvalue weighted by molar-refractivity contribution is 6.30. The molecule has 0 saturated carbocycles. The molecule has 31 heavy (non-hydrogen) atoms. The summed E-state index contributed by atoms with van der Waals surface area (Å²) >= 11 is 5.98. The summed E-state index contributed by atoms with van der Waals surface area (Å²) in [4.78, 5) is 11.0. The van der Waals surface area contributed by atoms with Crippen LogP contribution >= 0.6 is 36.4 Å². The summed E-state index contributed by atoms with van der Waals surface area (Å²) in [5, 5.41) is 19.7. The van der Waals surface area contributed by atoms with Crippen LogP contribution in [0.3, 0.4) is 0 Å². The van der Waals surface area contributed by atoms with Gasteiger partial charge in [-0.3, -0.25) is 0 Å². The van der Waals surface area contributed by atoms with E-state index >= 15 is 0 Å². The highest BCUT2D eigenvalue weighted by Crippen LogP contribution is 2.43. The molecule has 1 aromatic carbocycles. The van der Waals surface area contributed by atoms with E-state index in [9.17, 15) is 5.11 Å². The van der Waals surface area contributed by atoms with Crippen LogP contribution in [0.4, 0.5) is 5.82 Å². The molecule has 166 valence electrons. The van der Waals surface area contributed by atoms with Crippen LogP contribution in [0.1, 0.15) is 59.9 Å². The van der Waals surface area contributed by atoms with E-state index in [0.717, 1.165) is 40.8 Å². The lowest BCUT2D eigenvalue weighted by atomic mass is 10.1. The van der Waals surface area contributed by atoms with Crippen LogP contribution in [0.25, 0.3) is 0 Å². The van der Waals surface area contributed by atoms with E-state index in [1.165, 1.54) is 6.33 Å². The van der Waals surface area contributed by atoms with Crippen molar-refractivity contribution in [2.75, 3.05) is 11.4 Å². The van der Waals surface area contributed by atoms with E-state index in [2.05, 4.69) is 36.6 Å². The topological polar surface area (TPSA) is 106 Å². The van der Waals surface area contributed by atoms with Gasteiger partial charge in [-0.05, 0) is 30.0 Å². The number of aliphatic hydroxyl groups is 1. The van der Waals surface area contributed by atoms with Gasteiger partial charge >= 0.3 is 0 Å². The minimum Gasteiger partial charge on any atom is -0.387 e. The molecule has 3 heterocycles. The second-order valence-corrected chi connectivity index (χ2v) is 8.16. The second kappa shape index (κ2) is 9.26. The van der Waals surface area contributed by atoms with Crippen molar-refractivity contribution in [3.8, 4) is 0 Å². The third-order valence-electron chi connectivity index (χ3n) is 5.87. The largest absolute Gasteiger partial charge is 0.387 e. The number of rotatable bonds is 3. The first-order valence-corrected chi connectivity index (χ1v) is 10.1. The lowest BCUT2D eigenvalue weighted by Gasteiger charge is -2.31. The average Bonchev–Trinajstić information content (AvgIpc) is 3.28. The normalized spacial score (nSPS) is 20.3. The predicted octanol–water partition coefficient (Wildman–Crippen LogP) is 3.17. The molecule has 3 aromatic rings. The van der Waals surface area contributed by atoms with Crippen molar-refractivity contribution in [2.24, 2.45) is 5.73 Å². The van der Waals surface area contributed by atoms with Crippen LogP contribution in [0.2, 0.25) is 5.02 Å². The maximum atomic E-state index is 10.3. The van der Waals surface area contributed by atoms with E-state index in [1.54, 1.807) is 0 Å². The molecule has 0 spiro atoms. The standard InChI is InChI=1S/C20H22ClN7O.2ClH/c1-11-8-14(29)18-16(11)19(24-10-23-18)27-6-7-28-15(9-27)25-26-20(28)17(22)12-2-4-13(21)5-3-12;;/h2-5,10-11,14,17,29H,6-9,22H2,1H3;2*1H/t11-,14-,17?;;/m1../s1. The minimum atomic E-state index is -0.515. The Morgan fingerprint density at radius 1 is 1.13 bits per heavy atom. The van der Waals surface area contributed by atoms with Crippen molar-refractivity contribution in [3.63, 3.8) is 0 Å². The Hall–Kier alpha value is -1.97. The zero-order valence-electron chi connectivity index (χ0n) is 16.8. The van der Waals surface area contributed by atoms with Gasteiger partial charge in [-0.1, -0.05) is 30.7 Å². The third-order valence-corrected chi connectivity index (χ3v) is 6.12. The molecule has 0 fully saturated rings. The maximum Gasteiger partial charge on any atom is 0.154 e. The molecule has 1 aliphatic heterocycles. The number of aromatic nitrogens is 5. The van der Waals surface area contributed by atoms with Gasteiger partial charge < -0.3 is 20.3 Å². The van der Waals surface area contributed by atoms with Gasteiger partial charge in [0.1, 0.15) is 12.1 Å². The summed E-state index contributed by atoms with van der Waals surface area (Å²) in [5.41, 5.74) is 9.20. The fraction of sp³-hybridized carbons (Fsp3) is 0.400. The quantitative estimate of drug-likeness (QED) is 0.588. The molecule has 11 heteroatoms. The summed E-state index contributed by atoms with van der Waals surface area (Å²) in [6.07, 6.45) is 1.71. The van der Waals surface area contributed by atoms with E-state index in [-0.39, 0.29) is 36.8 Å². The lowest BCUT2D eigenvalue weighted by molar-refractivity contribution is 0.170. The first-order chi connectivity index (χ1) is 14.0. The summed E-state index contributed by atoms with van der Waals surface area (Å²) in [7, 11) is 0. The summed E-state index contributed by atoms with van der Waals surface area (Å²) < 4.78 is 2.09. The van der Waals surface area contributed by atoms with E-state index in [1.807, 2.05) is 24.3 Å². The van der Waals surface area contributed by atoms with Crippen molar-refractivity contribution >= 4 is 42.2 Å². The molecule has 0 bridgehead atoms. The number of nitrogens with zero attached hydrogens (tertiary/aromatic N) is 6. The Bertz CT molecular complexity index is 1060. The SMILES string of the molecule is C[C@@H]1C[C@@H](O)c2ncnc(N3CCn4c(nnc4C(N)c4ccc(Cl)cc4)C3)c21.Cl.Cl. The average molecular weight is 485 g/mol. The first-order valence-electron chi connectivity index (χ1n) is 9.73. The van der Waals surface area contributed by atoms with Crippen molar-refractivity contribution in [1.29, 1.82) is 0 Å². The van der Waals surface area contributed by atoms with Gasteiger partial charge in [-0.15, -0.1) is 35.0 Å². The molecule has 0 radical (unpaired) electrons. The third kappa shape index (κ3) is 4.10. The highest BCUT2D eigenvalue weighted by Gasteiger charge is 2.34. The van der Waals surface area contributed by atoms with Crippen molar-refractivity contribution in [3.05, 3.63) is 64.1 Å². The lowest BCUT2D eigenvalue weighted by Crippen LogP contribution is -2.36. The Labute approximate surface area is 197 Å². The molecular weight excluding hydrogens is 461 g/mol. The summed E-state index contributed by atoms with van der Waals surface area (Å²) in [6, 6.07) is 7.13. The molecule has 0 amide bonds. The summed E-state index contributed by atoms with van der Waals surface area (Å²) in [5.74, 6) is 2.72. The van der Waals surface area contributed by atoms with Crippen LogP contribution in [0.5, 0.6) is 0 Å². The second-order valence-electron chi connectivity index (χ2n) is 7.73. The number of benzene rings is 1. The van der Waals surface area contributed by atoms with Gasteiger partial charge in [-0.25, -0.2) is 9.97 Å². The fourth-order valence-electron chi connectivity index (χ4n) is 4.36. The van der Waals surface area contributed by atoms with Gasteiger partial charge in [-0.2, -0.15) is 0 Å². The fourth-order valence-corrected chi connectivity index (χ4v) is 4.49. The zero-order chi connectivity index (χ0) is 20.1. The monoisotopic (exact) mass is 483 g/mol. The Morgan fingerprint density at radius 2 is 1.87 bits per heavy atom. The summed E-state index contributed by atoms with van der Waals surface area (Å²) in [6.45, 7) is 4.18. The Kier molecular flexibility index (Phi) is 7.08. The van der Waals surface area contributed by atoms with E-state index < -0.39 is 6.10 Å². The van der Waals surface area contributed by atoms with Crippen LogP contribution < -0.4 is 10.6 Å². The zero-order valence-corrected chi connectivity index (χ0v) is 19.2. The molecule has 3 N–H and O–H groups in total. The molecule has 2 aromatic heterocycles. The Morgan fingerprint density at radius 3 is 2.61 bits per heavy atom. The first kappa shape index (κ1) is 23.7. The van der Waals surface area contributed by atoms with Crippen LogP contribution in [0, 0.1) is 0 Å². The van der Waals surface area contributed by atoms with Gasteiger partial charge in [0.25, 0.3) is 0 Å². The molecule has 1 aliphatic carbocycles. The maximum absolute atomic E-state index is 10.3. The van der Waals surface area contributed by atoms with Crippen molar-refractivity contribution in [1.82, 2.24) is 24.7 Å². The number of hydrogen-bond acceptors (Lipinski definition) is 7. The van der Waals surface area contributed by atoms with Crippen LogP contribution in [0.15, 0.2) is 30.6 Å². The van der Waals surface area contributed by atoms with Crippen LogP contribution in [-0.2, 0) is 13.1 Å².